The molecule has 1 N–H and O–H groups in total. The molecule has 1 amide bonds. The van der Waals surface area contributed by atoms with E-state index in [4.69, 9.17) is 32.7 Å². The largest absolute Gasteiger partial charge is 0.497 e. The highest BCUT2D eigenvalue weighted by molar-refractivity contribution is 6.35. The summed E-state index contributed by atoms with van der Waals surface area (Å²) < 4.78 is 11.9. The zero-order chi connectivity index (χ0) is 19.4. The van der Waals surface area contributed by atoms with Crippen molar-refractivity contribution < 1.29 is 14.3 Å². The minimum Gasteiger partial charge on any atom is -0.497 e. The number of ether oxygens (including phenoxy) is 2. The molecule has 3 rings (SSSR count). The molecule has 0 saturated heterocycles. The number of hydrogen-bond donors (Lipinski definition) is 1. The lowest BCUT2D eigenvalue weighted by Crippen LogP contribution is -2.14. The quantitative estimate of drug-likeness (QED) is 0.671. The predicted molar refractivity (Wildman–Crippen MR) is 103 cm³/mol. The summed E-state index contributed by atoms with van der Waals surface area (Å²) in [5.74, 6) is 0.812. The maximum atomic E-state index is 12.5. The van der Waals surface area contributed by atoms with E-state index >= 15 is 0 Å². The van der Waals surface area contributed by atoms with Crippen LogP contribution in [-0.2, 0) is 6.54 Å². The standard InChI is InChI=1S/C18H16Cl2N4O3/c1-26-14-5-12(6-15(8-14)27-2)17(25)22-18-21-10-24(23-18)9-11-3-4-13(19)7-16(11)20/h3-8,10H,9H2,1-2H3,(H,22,23,25). The summed E-state index contributed by atoms with van der Waals surface area (Å²) in [5.41, 5.74) is 1.20. The molecule has 7 nitrogen and oxygen atoms in total. The van der Waals surface area contributed by atoms with Gasteiger partial charge < -0.3 is 9.47 Å². The number of amides is 1. The summed E-state index contributed by atoms with van der Waals surface area (Å²) in [6, 6.07) is 10.1. The van der Waals surface area contributed by atoms with Crippen LogP contribution in [0.25, 0.3) is 0 Å². The zero-order valence-electron chi connectivity index (χ0n) is 14.6. The number of methoxy groups -OCH3 is 2. The van der Waals surface area contributed by atoms with Gasteiger partial charge in [0.1, 0.15) is 17.8 Å². The molecule has 0 aliphatic carbocycles. The van der Waals surface area contributed by atoms with E-state index in [1.807, 2.05) is 6.07 Å². The molecular formula is C18H16Cl2N4O3. The lowest BCUT2D eigenvalue weighted by atomic mass is 10.2. The van der Waals surface area contributed by atoms with Gasteiger partial charge in [-0.05, 0) is 29.8 Å². The van der Waals surface area contributed by atoms with Gasteiger partial charge in [0.05, 0.1) is 20.8 Å². The Kier molecular flexibility index (Phi) is 5.83. The number of anilines is 1. The molecule has 140 valence electrons. The van der Waals surface area contributed by atoms with Crippen LogP contribution in [0.5, 0.6) is 11.5 Å². The first-order valence-electron chi connectivity index (χ1n) is 7.86. The second-order valence-corrected chi connectivity index (χ2v) is 6.40. The molecule has 0 fully saturated rings. The molecule has 9 heteroatoms. The van der Waals surface area contributed by atoms with Crippen LogP contribution in [0.2, 0.25) is 10.0 Å². The average molecular weight is 407 g/mol. The van der Waals surface area contributed by atoms with Crippen molar-refractivity contribution in [1.29, 1.82) is 0 Å². The van der Waals surface area contributed by atoms with Crippen LogP contribution in [0, 0.1) is 0 Å². The smallest absolute Gasteiger partial charge is 0.258 e. The molecule has 0 aliphatic rings. The van der Waals surface area contributed by atoms with Crippen LogP contribution < -0.4 is 14.8 Å². The Morgan fingerprint density at radius 3 is 2.44 bits per heavy atom. The van der Waals surface area contributed by atoms with Gasteiger partial charge in [-0.15, -0.1) is 5.10 Å². The molecule has 0 unspecified atom stereocenters. The molecule has 0 spiro atoms. The van der Waals surface area contributed by atoms with Gasteiger partial charge in [-0.1, -0.05) is 29.3 Å². The highest BCUT2D eigenvalue weighted by Crippen LogP contribution is 2.23. The summed E-state index contributed by atoms with van der Waals surface area (Å²) >= 11 is 12.1. The number of carbonyl (C=O) groups is 1. The van der Waals surface area contributed by atoms with Crippen molar-refractivity contribution in [2.24, 2.45) is 0 Å². The number of halogens is 2. The average Bonchev–Trinajstić information content (AvgIpc) is 3.10. The second-order valence-electron chi connectivity index (χ2n) is 5.56. The highest BCUT2D eigenvalue weighted by atomic mass is 35.5. The Labute approximate surface area is 165 Å². The van der Waals surface area contributed by atoms with E-state index in [9.17, 15) is 4.79 Å². The van der Waals surface area contributed by atoms with Crippen molar-refractivity contribution in [2.45, 2.75) is 6.54 Å². The van der Waals surface area contributed by atoms with E-state index in [-0.39, 0.29) is 11.9 Å². The Bertz CT molecular complexity index is 953. The molecule has 27 heavy (non-hydrogen) atoms. The van der Waals surface area contributed by atoms with E-state index in [1.165, 1.54) is 20.5 Å². The third-order valence-corrected chi connectivity index (χ3v) is 4.31. The minimum absolute atomic E-state index is 0.173. The fourth-order valence-corrected chi connectivity index (χ4v) is 2.83. The van der Waals surface area contributed by atoms with Crippen LogP contribution in [0.15, 0.2) is 42.7 Å². The van der Waals surface area contributed by atoms with Gasteiger partial charge in [-0.2, -0.15) is 0 Å². The Balaban J connectivity index is 1.73. The van der Waals surface area contributed by atoms with E-state index in [0.717, 1.165) is 5.56 Å². The van der Waals surface area contributed by atoms with Crippen molar-refractivity contribution in [3.63, 3.8) is 0 Å². The van der Waals surface area contributed by atoms with Crippen LogP contribution in [0.4, 0.5) is 5.95 Å². The maximum absolute atomic E-state index is 12.5. The van der Waals surface area contributed by atoms with Gasteiger partial charge in [0, 0.05) is 21.7 Å². The van der Waals surface area contributed by atoms with Gasteiger partial charge in [0.25, 0.3) is 5.91 Å². The Morgan fingerprint density at radius 1 is 1.11 bits per heavy atom. The number of hydrogen-bond acceptors (Lipinski definition) is 5. The van der Waals surface area contributed by atoms with Gasteiger partial charge >= 0.3 is 0 Å². The van der Waals surface area contributed by atoms with Gasteiger partial charge in [0.15, 0.2) is 0 Å². The number of nitrogens with one attached hydrogen (secondary N) is 1. The van der Waals surface area contributed by atoms with Gasteiger partial charge in [0.2, 0.25) is 5.95 Å². The highest BCUT2D eigenvalue weighted by Gasteiger charge is 2.13. The monoisotopic (exact) mass is 406 g/mol. The van der Waals surface area contributed by atoms with Crippen LogP contribution in [-0.4, -0.2) is 34.9 Å². The summed E-state index contributed by atoms with van der Waals surface area (Å²) in [5, 5.41) is 7.98. The predicted octanol–water partition coefficient (Wildman–Crippen LogP) is 3.90. The van der Waals surface area contributed by atoms with Crippen LogP contribution >= 0.6 is 23.2 Å². The first-order valence-corrected chi connectivity index (χ1v) is 8.62. The third kappa shape index (κ3) is 4.69. The topological polar surface area (TPSA) is 78.3 Å². The number of nitrogens with zero attached hydrogens (tertiary/aromatic N) is 3. The lowest BCUT2D eigenvalue weighted by Gasteiger charge is -2.08. The van der Waals surface area contributed by atoms with Gasteiger partial charge in [-0.25, -0.2) is 9.67 Å². The molecule has 1 aromatic heterocycles. The van der Waals surface area contributed by atoms with Crippen LogP contribution in [0.3, 0.4) is 0 Å². The lowest BCUT2D eigenvalue weighted by molar-refractivity contribution is 0.102. The molecule has 0 bridgehead atoms. The molecule has 3 aromatic rings. The number of rotatable bonds is 6. The second kappa shape index (κ2) is 8.28. The molecular weight excluding hydrogens is 391 g/mol. The summed E-state index contributed by atoms with van der Waals surface area (Å²) in [4.78, 5) is 16.6. The molecule has 0 aliphatic heterocycles. The Hall–Kier alpha value is -2.77. The first-order chi connectivity index (χ1) is 13.0. The normalized spacial score (nSPS) is 10.5. The number of benzene rings is 2. The maximum Gasteiger partial charge on any atom is 0.258 e. The van der Waals surface area contributed by atoms with Gasteiger partial charge in [-0.3, -0.25) is 10.1 Å². The molecule has 0 radical (unpaired) electrons. The molecule has 0 saturated carbocycles. The SMILES string of the molecule is COc1cc(OC)cc(C(=O)Nc2ncn(Cc3ccc(Cl)cc3Cl)n2)c1. The number of carbonyl (C=O) groups excluding carboxylic acids is 1. The van der Waals surface area contributed by atoms with Crippen LogP contribution in [0.1, 0.15) is 15.9 Å². The van der Waals surface area contributed by atoms with E-state index in [0.29, 0.717) is 33.7 Å². The molecule has 1 heterocycles. The number of aromatic nitrogens is 3. The molecule has 2 aromatic carbocycles. The summed E-state index contributed by atoms with van der Waals surface area (Å²) in [7, 11) is 3.03. The van der Waals surface area contributed by atoms with Crippen molar-refractivity contribution in [2.75, 3.05) is 19.5 Å². The van der Waals surface area contributed by atoms with Crippen molar-refractivity contribution in [3.05, 3.63) is 63.9 Å². The van der Waals surface area contributed by atoms with Crippen molar-refractivity contribution in [3.8, 4) is 11.5 Å². The summed E-state index contributed by atoms with van der Waals surface area (Å²) in [6.45, 7) is 0.395. The van der Waals surface area contributed by atoms with E-state index in [1.54, 1.807) is 35.0 Å². The minimum atomic E-state index is -0.380. The first kappa shape index (κ1) is 19.0. The van der Waals surface area contributed by atoms with E-state index < -0.39 is 0 Å². The zero-order valence-corrected chi connectivity index (χ0v) is 16.1. The van der Waals surface area contributed by atoms with Crippen molar-refractivity contribution >= 4 is 35.1 Å². The Morgan fingerprint density at radius 2 is 1.81 bits per heavy atom. The van der Waals surface area contributed by atoms with Crippen molar-refractivity contribution in [1.82, 2.24) is 14.8 Å². The third-order valence-electron chi connectivity index (χ3n) is 3.72. The summed E-state index contributed by atoms with van der Waals surface area (Å²) in [6.07, 6.45) is 1.51. The molecule has 0 atom stereocenters. The fourth-order valence-electron chi connectivity index (χ4n) is 2.36. The van der Waals surface area contributed by atoms with E-state index in [2.05, 4.69) is 15.4 Å². The fraction of sp³-hybridized carbons (Fsp3) is 0.167.